The van der Waals surface area contributed by atoms with Crippen molar-refractivity contribution < 1.29 is 13.9 Å². The maximum Gasteiger partial charge on any atom is 0.229 e. The summed E-state index contributed by atoms with van der Waals surface area (Å²) < 4.78 is 10.4. The van der Waals surface area contributed by atoms with Crippen molar-refractivity contribution in [2.24, 2.45) is 0 Å². The number of carbonyl (C=O) groups excluding carboxylic acids is 1. The SMILES string of the molecule is O=C(c1ccco1)[C@@H]1O[C@H]1c1ccccc1. The summed E-state index contributed by atoms with van der Waals surface area (Å²) in [7, 11) is 0. The van der Waals surface area contributed by atoms with E-state index in [1.807, 2.05) is 30.3 Å². The van der Waals surface area contributed by atoms with Gasteiger partial charge in [0, 0.05) is 0 Å². The molecule has 1 aromatic carbocycles. The van der Waals surface area contributed by atoms with Gasteiger partial charge in [-0.05, 0) is 17.7 Å². The van der Waals surface area contributed by atoms with Crippen molar-refractivity contribution in [3.63, 3.8) is 0 Å². The molecule has 0 unspecified atom stereocenters. The molecule has 0 saturated carbocycles. The van der Waals surface area contributed by atoms with Crippen molar-refractivity contribution in [1.82, 2.24) is 0 Å². The molecule has 3 heteroatoms. The lowest BCUT2D eigenvalue weighted by Crippen LogP contribution is -2.06. The summed E-state index contributed by atoms with van der Waals surface area (Å²) in [5, 5.41) is 0. The van der Waals surface area contributed by atoms with Crippen LogP contribution in [0.4, 0.5) is 0 Å². The van der Waals surface area contributed by atoms with Gasteiger partial charge in [0.1, 0.15) is 6.10 Å². The Bertz CT molecular complexity index is 487. The summed E-state index contributed by atoms with van der Waals surface area (Å²) >= 11 is 0. The average Bonchev–Trinajstić information content (AvgIpc) is 2.95. The normalized spacial score (nSPS) is 23.0. The van der Waals surface area contributed by atoms with Gasteiger partial charge in [-0.2, -0.15) is 0 Å². The molecule has 3 rings (SSSR count). The fraction of sp³-hybridized carbons (Fsp3) is 0.154. The van der Waals surface area contributed by atoms with Crippen molar-refractivity contribution in [2.75, 3.05) is 0 Å². The summed E-state index contributed by atoms with van der Waals surface area (Å²) in [6.45, 7) is 0. The molecule has 0 N–H and O–H groups in total. The number of benzene rings is 1. The standard InChI is InChI=1S/C13H10O3/c14-11(10-7-4-8-15-10)13-12(16-13)9-5-2-1-3-6-9/h1-8,12-13H/t12-,13-/m0/s1. The molecule has 2 atom stereocenters. The van der Waals surface area contributed by atoms with E-state index in [4.69, 9.17) is 9.15 Å². The molecule has 1 aliphatic heterocycles. The second kappa shape index (κ2) is 3.61. The average molecular weight is 214 g/mol. The van der Waals surface area contributed by atoms with Crippen LogP contribution < -0.4 is 0 Å². The molecule has 0 radical (unpaired) electrons. The van der Waals surface area contributed by atoms with Gasteiger partial charge >= 0.3 is 0 Å². The molecular weight excluding hydrogens is 204 g/mol. The summed E-state index contributed by atoms with van der Waals surface area (Å²) in [6, 6.07) is 13.1. The van der Waals surface area contributed by atoms with E-state index in [-0.39, 0.29) is 18.0 Å². The third-order valence-electron chi connectivity index (χ3n) is 2.64. The lowest BCUT2D eigenvalue weighted by atomic mass is 10.1. The van der Waals surface area contributed by atoms with Crippen LogP contribution >= 0.6 is 0 Å². The van der Waals surface area contributed by atoms with Gasteiger partial charge < -0.3 is 9.15 Å². The van der Waals surface area contributed by atoms with E-state index < -0.39 is 0 Å². The monoisotopic (exact) mass is 214 g/mol. The Kier molecular flexibility index (Phi) is 2.11. The van der Waals surface area contributed by atoms with Crippen LogP contribution in [0.3, 0.4) is 0 Å². The molecule has 0 amide bonds. The number of carbonyl (C=O) groups is 1. The molecule has 16 heavy (non-hydrogen) atoms. The van der Waals surface area contributed by atoms with Crippen LogP contribution in [0.25, 0.3) is 0 Å². The van der Waals surface area contributed by atoms with Crippen LogP contribution in [-0.2, 0) is 4.74 Å². The van der Waals surface area contributed by atoms with E-state index in [1.54, 1.807) is 12.1 Å². The minimum absolute atomic E-state index is 0.0844. The molecule has 0 aliphatic carbocycles. The minimum Gasteiger partial charge on any atom is -0.461 e. The minimum atomic E-state index is -0.381. The van der Waals surface area contributed by atoms with Gasteiger partial charge in [-0.3, -0.25) is 4.79 Å². The van der Waals surface area contributed by atoms with Gasteiger partial charge in [-0.15, -0.1) is 0 Å². The molecule has 1 aromatic heterocycles. The number of ether oxygens (including phenoxy) is 1. The highest BCUT2D eigenvalue weighted by molar-refractivity contribution is 5.99. The third-order valence-corrected chi connectivity index (χ3v) is 2.64. The second-order valence-corrected chi connectivity index (χ2v) is 3.73. The summed E-state index contributed by atoms with van der Waals surface area (Å²) in [6.07, 6.45) is 1.000. The lowest BCUT2D eigenvalue weighted by Gasteiger charge is -1.93. The van der Waals surface area contributed by atoms with E-state index in [2.05, 4.69) is 0 Å². The highest BCUT2D eigenvalue weighted by Gasteiger charge is 2.47. The van der Waals surface area contributed by atoms with Gasteiger partial charge in [0.05, 0.1) is 6.26 Å². The van der Waals surface area contributed by atoms with E-state index >= 15 is 0 Å². The van der Waals surface area contributed by atoms with Crippen LogP contribution in [-0.4, -0.2) is 11.9 Å². The number of epoxide rings is 1. The van der Waals surface area contributed by atoms with Crippen LogP contribution in [0.1, 0.15) is 22.2 Å². The maximum atomic E-state index is 11.8. The first kappa shape index (κ1) is 9.36. The first-order valence-electron chi connectivity index (χ1n) is 5.14. The van der Waals surface area contributed by atoms with Crippen molar-refractivity contribution >= 4 is 5.78 Å². The van der Waals surface area contributed by atoms with E-state index in [0.29, 0.717) is 5.76 Å². The maximum absolute atomic E-state index is 11.8. The Labute approximate surface area is 92.6 Å². The zero-order valence-electron chi connectivity index (χ0n) is 8.50. The van der Waals surface area contributed by atoms with Crippen molar-refractivity contribution in [3.8, 4) is 0 Å². The fourth-order valence-electron chi connectivity index (χ4n) is 1.77. The van der Waals surface area contributed by atoms with Crippen LogP contribution in [0.5, 0.6) is 0 Å². The Morgan fingerprint density at radius 1 is 1.06 bits per heavy atom. The number of hydrogen-bond acceptors (Lipinski definition) is 3. The fourth-order valence-corrected chi connectivity index (χ4v) is 1.77. The van der Waals surface area contributed by atoms with Gasteiger partial charge in [0.2, 0.25) is 5.78 Å². The predicted molar refractivity (Wildman–Crippen MR) is 57.1 cm³/mol. The van der Waals surface area contributed by atoms with Crippen molar-refractivity contribution in [2.45, 2.75) is 12.2 Å². The molecule has 1 aliphatic rings. The summed E-state index contributed by atoms with van der Waals surface area (Å²) in [5.41, 5.74) is 1.03. The highest BCUT2D eigenvalue weighted by Crippen LogP contribution is 2.40. The van der Waals surface area contributed by atoms with Crippen LogP contribution in [0.2, 0.25) is 0 Å². The Hall–Kier alpha value is -1.87. The first-order chi connectivity index (χ1) is 7.86. The van der Waals surface area contributed by atoms with Gasteiger partial charge in [0.25, 0.3) is 0 Å². The number of furan rings is 1. The Morgan fingerprint density at radius 2 is 1.88 bits per heavy atom. The van der Waals surface area contributed by atoms with E-state index in [0.717, 1.165) is 5.56 Å². The molecule has 80 valence electrons. The summed E-state index contributed by atoms with van der Waals surface area (Å²) in [5.74, 6) is 0.280. The quantitative estimate of drug-likeness (QED) is 0.582. The largest absolute Gasteiger partial charge is 0.461 e. The molecule has 3 nitrogen and oxygen atoms in total. The summed E-state index contributed by atoms with van der Waals surface area (Å²) in [4.78, 5) is 11.8. The zero-order chi connectivity index (χ0) is 11.0. The van der Waals surface area contributed by atoms with E-state index in [9.17, 15) is 4.79 Å². The highest BCUT2D eigenvalue weighted by atomic mass is 16.6. The van der Waals surface area contributed by atoms with Crippen molar-refractivity contribution in [1.29, 1.82) is 0 Å². The lowest BCUT2D eigenvalue weighted by molar-refractivity contribution is 0.0926. The third kappa shape index (κ3) is 1.55. The predicted octanol–water partition coefficient (Wildman–Crippen LogP) is 2.60. The number of Topliss-reactive ketones (excluding diaryl/α,β-unsaturated/α-hetero) is 1. The number of ketones is 1. The smallest absolute Gasteiger partial charge is 0.229 e. The van der Waals surface area contributed by atoms with Crippen LogP contribution in [0, 0.1) is 0 Å². The van der Waals surface area contributed by atoms with Gasteiger partial charge in [-0.1, -0.05) is 30.3 Å². The Balaban J connectivity index is 1.75. The topological polar surface area (TPSA) is 42.7 Å². The second-order valence-electron chi connectivity index (χ2n) is 3.73. The molecule has 0 spiro atoms. The molecule has 1 saturated heterocycles. The van der Waals surface area contributed by atoms with Crippen molar-refractivity contribution in [3.05, 3.63) is 60.1 Å². The zero-order valence-corrected chi connectivity index (χ0v) is 8.50. The molecule has 1 fully saturated rings. The van der Waals surface area contributed by atoms with Gasteiger partial charge in [0.15, 0.2) is 11.9 Å². The van der Waals surface area contributed by atoms with E-state index in [1.165, 1.54) is 6.26 Å². The van der Waals surface area contributed by atoms with Gasteiger partial charge in [-0.25, -0.2) is 0 Å². The number of rotatable bonds is 3. The molecular formula is C13H10O3. The molecule has 2 aromatic rings. The Morgan fingerprint density at radius 3 is 2.56 bits per heavy atom. The molecule has 2 heterocycles. The first-order valence-corrected chi connectivity index (χ1v) is 5.14. The van der Waals surface area contributed by atoms with Crippen LogP contribution in [0.15, 0.2) is 53.1 Å². The molecule has 0 bridgehead atoms. The number of hydrogen-bond donors (Lipinski definition) is 0.